The van der Waals surface area contributed by atoms with Crippen LogP contribution in [-0.2, 0) is 11.0 Å². The molecular formula is C16H15ClF3N3O. The quantitative estimate of drug-likeness (QED) is 0.882. The fourth-order valence-corrected chi connectivity index (χ4v) is 2.73. The number of hydrogen-bond donors (Lipinski definition) is 1. The number of halogens is 4. The molecule has 0 radical (unpaired) electrons. The van der Waals surface area contributed by atoms with E-state index in [0.717, 1.165) is 18.6 Å². The molecule has 128 valence electrons. The van der Waals surface area contributed by atoms with Crippen molar-refractivity contribution >= 4 is 23.3 Å². The Morgan fingerprint density at radius 1 is 1.38 bits per heavy atom. The van der Waals surface area contributed by atoms with Crippen molar-refractivity contribution in [2.75, 3.05) is 5.32 Å². The Morgan fingerprint density at radius 2 is 2.04 bits per heavy atom. The monoisotopic (exact) mass is 357 g/mol. The second-order valence-corrected chi connectivity index (χ2v) is 6.46. The van der Waals surface area contributed by atoms with Crippen molar-refractivity contribution in [2.24, 2.45) is 11.8 Å². The van der Waals surface area contributed by atoms with Crippen molar-refractivity contribution in [3.63, 3.8) is 0 Å². The van der Waals surface area contributed by atoms with E-state index in [9.17, 15) is 18.0 Å². The standard InChI is InChI=1S/C16H15ClF3N3O/c1-8-5-11(8)15(24)21-14-6-9(2)22-23(14)13-7-10(16(18,19)20)3-4-12(13)17/h3-4,6-8,11H,5H2,1-2H3,(H,21,24)/t8-,11+/m1/s1. The summed E-state index contributed by atoms with van der Waals surface area (Å²) in [6.07, 6.45) is -3.68. The van der Waals surface area contributed by atoms with Gasteiger partial charge < -0.3 is 5.32 Å². The minimum absolute atomic E-state index is 0.0642. The van der Waals surface area contributed by atoms with Crippen LogP contribution >= 0.6 is 11.6 Å². The Bertz CT molecular complexity index is 800. The maximum Gasteiger partial charge on any atom is 0.416 e. The molecule has 1 aromatic carbocycles. The third kappa shape index (κ3) is 3.26. The molecule has 0 unspecified atom stereocenters. The third-order valence-electron chi connectivity index (χ3n) is 4.03. The van der Waals surface area contributed by atoms with Gasteiger partial charge in [-0.3, -0.25) is 4.79 Å². The second-order valence-electron chi connectivity index (χ2n) is 6.06. The van der Waals surface area contributed by atoms with E-state index < -0.39 is 11.7 Å². The molecule has 0 saturated heterocycles. The van der Waals surface area contributed by atoms with Gasteiger partial charge in [0.1, 0.15) is 5.82 Å². The lowest BCUT2D eigenvalue weighted by atomic mass is 10.2. The molecule has 2 aromatic rings. The predicted octanol–water partition coefficient (Wildman–Crippen LogP) is 4.45. The number of alkyl halides is 3. The minimum atomic E-state index is -4.49. The first kappa shape index (κ1) is 16.8. The summed E-state index contributed by atoms with van der Waals surface area (Å²) in [5.41, 5.74) is -0.204. The van der Waals surface area contributed by atoms with E-state index in [4.69, 9.17) is 11.6 Å². The molecule has 1 aliphatic carbocycles. The minimum Gasteiger partial charge on any atom is -0.310 e. The van der Waals surface area contributed by atoms with Crippen LogP contribution in [0.3, 0.4) is 0 Å². The smallest absolute Gasteiger partial charge is 0.310 e. The van der Waals surface area contributed by atoms with Crippen LogP contribution in [0.2, 0.25) is 5.02 Å². The number of amides is 1. The second kappa shape index (κ2) is 5.81. The zero-order chi connectivity index (χ0) is 17.6. The molecule has 1 aliphatic rings. The molecule has 8 heteroatoms. The molecule has 1 fully saturated rings. The fraction of sp³-hybridized carbons (Fsp3) is 0.375. The summed E-state index contributed by atoms with van der Waals surface area (Å²) in [4.78, 5) is 12.1. The number of nitrogens with one attached hydrogen (secondary N) is 1. The van der Waals surface area contributed by atoms with E-state index in [1.807, 2.05) is 6.92 Å². The van der Waals surface area contributed by atoms with E-state index >= 15 is 0 Å². The first-order valence-electron chi connectivity index (χ1n) is 7.41. The van der Waals surface area contributed by atoms with Gasteiger partial charge >= 0.3 is 6.18 Å². The van der Waals surface area contributed by atoms with Crippen molar-refractivity contribution in [1.29, 1.82) is 0 Å². The van der Waals surface area contributed by atoms with Gasteiger partial charge in [-0.2, -0.15) is 18.3 Å². The van der Waals surface area contributed by atoms with Gasteiger partial charge in [-0.05, 0) is 37.5 Å². The van der Waals surface area contributed by atoms with Crippen LogP contribution in [0.4, 0.5) is 19.0 Å². The largest absolute Gasteiger partial charge is 0.416 e. The molecule has 0 spiro atoms. The van der Waals surface area contributed by atoms with Crippen LogP contribution in [-0.4, -0.2) is 15.7 Å². The Balaban J connectivity index is 1.99. The van der Waals surface area contributed by atoms with Crippen LogP contribution in [0.5, 0.6) is 0 Å². The van der Waals surface area contributed by atoms with Gasteiger partial charge in [-0.25, -0.2) is 4.68 Å². The Kier molecular flexibility index (Phi) is 4.07. The SMILES string of the molecule is Cc1cc(NC(=O)[C@H]2C[C@H]2C)n(-c2cc(C(F)(F)F)ccc2Cl)n1. The molecular weight excluding hydrogens is 343 g/mol. The molecule has 4 nitrogen and oxygen atoms in total. The summed E-state index contributed by atoms with van der Waals surface area (Å²) >= 11 is 6.06. The van der Waals surface area contributed by atoms with Crippen LogP contribution < -0.4 is 5.32 Å². The highest BCUT2D eigenvalue weighted by Crippen LogP contribution is 2.39. The van der Waals surface area contributed by atoms with Crippen LogP contribution in [0.15, 0.2) is 24.3 Å². The predicted molar refractivity (Wildman–Crippen MR) is 84.2 cm³/mol. The van der Waals surface area contributed by atoms with Gasteiger partial charge in [-0.1, -0.05) is 18.5 Å². The third-order valence-corrected chi connectivity index (χ3v) is 4.35. The molecule has 1 saturated carbocycles. The lowest BCUT2D eigenvalue weighted by Gasteiger charge is -2.13. The number of benzene rings is 1. The number of rotatable bonds is 3. The van der Waals surface area contributed by atoms with E-state index in [0.29, 0.717) is 17.4 Å². The molecule has 1 heterocycles. The molecule has 0 aliphatic heterocycles. The number of aromatic nitrogens is 2. The number of hydrogen-bond acceptors (Lipinski definition) is 2. The van der Waals surface area contributed by atoms with Crippen molar-refractivity contribution in [1.82, 2.24) is 9.78 Å². The fourth-order valence-electron chi connectivity index (χ4n) is 2.53. The van der Waals surface area contributed by atoms with E-state index in [1.54, 1.807) is 13.0 Å². The number of carbonyl (C=O) groups excluding carboxylic acids is 1. The highest BCUT2D eigenvalue weighted by molar-refractivity contribution is 6.32. The number of anilines is 1. The number of nitrogens with zero attached hydrogens (tertiary/aromatic N) is 2. The molecule has 24 heavy (non-hydrogen) atoms. The number of carbonyl (C=O) groups is 1. The highest BCUT2D eigenvalue weighted by Gasteiger charge is 2.39. The zero-order valence-electron chi connectivity index (χ0n) is 13.0. The summed E-state index contributed by atoms with van der Waals surface area (Å²) in [5.74, 6) is 0.398. The van der Waals surface area contributed by atoms with Crippen molar-refractivity contribution in [2.45, 2.75) is 26.4 Å². The van der Waals surface area contributed by atoms with Crippen molar-refractivity contribution in [3.05, 3.63) is 40.5 Å². The summed E-state index contributed by atoms with van der Waals surface area (Å²) in [5, 5.41) is 7.01. The first-order valence-corrected chi connectivity index (χ1v) is 7.79. The lowest BCUT2D eigenvalue weighted by molar-refractivity contribution is -0.137. The summed E-state index contributed by atoms with van der Waals surface area (Å²) in [6, 6.07) is 4.60. The average molecular weight is 358 g/mol. The molecule has 1 aromatic heterocycles. The molecule has 3 rings (SSSR count). The van der Waals surface area contributed by atoms with Crippen LogP contribution in [0.25, 0.3) is 5.69 Å². The number of aryl methyl sites for hydroxylation is 1. The van der Waals surface area contributed by atoms with Crippen LogP contribution in [0.1, 0.15) is 24.6 Å². The van der Waals surface area contributed by atoms with Crippen molar-refractivity contribution < 1.29 is 18.0 Å². The maximum atomic E-state index is 12.9. The first-order chi connectivity index (χ1) is 11.2. The van der Waals surface area contributed by atoms with Gasteiger partial charge in [0, 0.05) is 12.0 Å². The Morgan fingerprint density at radius 3 is 2.62 bits per heavy atom. The van der Waals surface area contributed by atoms with Gasteiger partial charge in [0.15, 0.2) is 0 Å². The summed E-state index contributed by atoms with van der Waals surface area (Å²) in [7, 11) is 0. The van der Waals surface area contributed by atoms with Crippen LogP contribution in [0, 0.1) is 18.8 Å². The Labute approximate surface area is 141 Å². The normalized spacial score (nSPS) is 20.1. The van der Waals surface area contributed by atoms with Gasteiger partial charge in [0.25, 0.3) is 0 Å². The highest BCUT2D eigenvalue weighted by atomic mass is 35.5. The van der Waals surface area contributed by atoms with Crippen molar-refractivity contribution in [3.8, 4) is 5.69 Å². The van der Waals surface area contributed by atoms with Gasteiger partial charge in [-0.15, -0.1) is 0 Å². The molecule has 1 amide bonds. The topological polar surface area (TPSA) is 46.9 Å². The molecule has 1 N–H and O–H groups in total. The average Bonchev–Trinajstić information content (AvgIpc) is 3.10. The molecule has 2 atom stereocenters. The van der Waals surface area contributed by atoms with E-state index in [2.05, 4.69) is 10.4 Å². The Hall–Kier alpha value is -2.02. The summed E-state index contributed by atoms with van der Waals surface area (Å²) in [6.45, 7) is 3.66. The van der Waals surface area contributed by atoms with Gasteiger partial charge in [0.2, 0.25) is 5.91 Å². The molecule has 0 bridgehead atoms. The van der Waals surface area contributed by atoms with E-state index in [-0.39, 0.29) is 22.5 Å². The van der Waals surface area contributed by atoms with Gasteiger partial charge in [0.05, 0.1) is 22.0 Å². The lowest BCUT2D eigenvalue weighted by Crippen LogP contribution is -2.17. The van der Waals surface area contributed by atoms with E-state index in [1.165, 1.54) is 10.7 Å². The summed E-state index contributed by atoms with van der Waals surface area (Å²) < 4.78 is 40.1. The zero-order valence-corrected chi connectivity index (χ0v) is 13.7. The maximum absolute atomic E-state index is 12.9.